The summed E-state index contributed by atoms with van der Waals surface area (Å²) in [5.74, 6) is 1.81. The third-order valence-electron chi connectivity index (χ3n) is 6.52. The summed E-state index contributed by atoms with van der Waals surface area (Å²) in [7, 11) is 0. The zero-order valence-electron chi connectivity index (χ0n) is 16.7. The molecule has 4 aliphatic rings. The first kappa shape index (κ1) is 19.0. The van der Waals surface area contributed by atoms with Gasteiger partial charge in [-0.2, -0.15) is 0 Å². The summed E-state index contributed by atoms with van der Waals surface area (Å²) in [5, 5.41) is 9.64. The van der Waals surface area contributed by atoms with Gasteiger partial charge in [0.05, 0.1) is 0 Å². The molecule has 6 nitrogen and oxygen atoms in total. The molecule has 4 saturated carbocycles. The Labute approximate surface area is 166 Å². The van der Waals surface area contributed by atoms with E-state index in [0.717, 1.165) is 60.0 Å². The molecular weight excluding hydrogens is 354 g/mol. The van der Waals surface area contributed by atoms with Gasteiger partial charge in [0.25, 0.3) is 11.8 Å². The first-order valence-corrected chi connectivity index (χ1v) is 10.3. The SMILES string of the molecule is Cc1ccc(NC(=O)/C=N\OCC(=O)NC23CC4CC(CC(C4)C2)C3)c(C)c1. The van der Waals surface area contributed by atoms with Gasteiger partial charge < -0.3 is 15.5 Å². The second-order valence-electron chi connectivity index (χ2n) is 9.06. The molecule has 1 aromatic rings. The Kier molecular flexibility index (Phi) is 5.13. The molecule has 0 unspecified atom stereocenters. The number of hydrogen-bond acceptors (Lipinski definition) is 4. The molecule has 4 fully saturated rings. The maximum absolute atomic E-state index is 12.3. The quantitative estimate of drug-likeness (QED) is 0.584. The van der Waals surface area contributed by atoms with Gasteiger partial charge in [0.2, 0.25) is 0 Å². The summed E-state index contributed by atoms with van der Waals surface area (Å²) < 4.78 is 0. The standard InChI is InChI=1S/C22H29N3O3/c1-14-3-4-19(15(2)5-14)24-20(26)12-23-28-13-21(27)25-22-9-16-6-17(10-22)8-18(7-16)11-22/h3-5,12,16-18H,6-11,13H2,1-2H3,(H,24,26)(H,25,27)/b23-12-. The van der Waals surface area contributed by atoms with Gasteiger partial charge in [0.15, 0.2) is 6.61 Å². The van der Waals surface area contributed by atoms with Crippen LogP contribution in [0.25, 0.3) is 0 Å². The molecule has 0 heterocycles. The Bertz CT molecular complexity index is 767. The van der Waals surface area contributed by atoms with Gasteiger partial charge in [0, 0.05) is 11.2 Å². The largest absolute Gasteiger partial charge is 0.386 e. The van der Waals surface area contributed by atoms with Gasteiger partial charge in [-0.15, -0.1) is 0 Å². The number of amides is 2. The molecule has 0 aliphatic heterocycles. The maximum atomic E-state index is 12.3. The molecule has 0 aromatic heterocycles. The minimum atomic E-state index is -0.381. The van der Waals surface area contributed by atoms with Crippen molar-refractivity contribution in [3.8, 4) is 0 Å². The van der Waals surface area contributed by atoms with Crippen molar-refractivity contribution in [3.63, 3.8) is 0 Å². The van der Waals surface area contributed by atoms with Crippen LogP contribution in [0.5, 0.6) is 0 Å². The van der Waals surface area contributed by atoms with Crippen LogP contribution in [-0.2, 0) is 14.4 Å². The van der Waals surface area contributed by atoms with Crippen LogP contribution in [0, 0.1) is 31.6 Å². The van der Waals surface area contributed by atoms with E-state index >= 15 is 0 Å². The molecule has 4 bridgehead atoms. The number of carbonyl (C=O) groups excluding carboxylic acids is 2. The lowest BCUT2D eigenvalue weighted by atomic mass is 9.53. The summed E-state index contributed by atoms with van der Waals surface area (Å²) in [4.78, 5) is 29.3. The smallest absolute Gasteiger partial charge is 0.270 e. The molecule has 5 rings (SSSR count). The van der Waals surface area contributed by atoms with E-state index < -0.39 is 0 Å². The number of benzene rings is 1. The highest BCUT2D eigenvalue weighted by molar-refractivity contribution is 6.31. The van der Waals surface area contributed by atoms with Crippen LogP contribution in [0.15, 0.2) is 23.4 Å². The van der Waals surface area contributed by atoms with Crippen molar-refractivity contribution in [1.29, 1.82) is 0 Å². The van der Waals surface area contributed by atoms with E-state index in [0.29, 0.717) is 0 Å². The van der Waals surface area contributed by atoms with Gasteiger partial charge >= 0.3 is 0 Å². The van der Waals surface area contributed by atoms with Crippen LogP contribution < -0.4 is 10.6 Å². The number of hydrogen-bond donors (Lipinski definition) is 2. The lowest BCUT2D eigenvalue weighted by Gasteiger charge is -2.56. The van der Waals surface area contributed by atoms with Gasteiger partial charge in [0.1, 0.15) is 6.21 Å². The summed E-state index contributed by atoms with van der Waals surface area (Å²) >= 11 is 0. The Morgan fingerprint density at radius 3 is 2.39 bits per heavy atom. The average molecular weight is 383 g/mol. The van der Waals surface area contributed by atoms with E-state index in [2.05, 4.69) is 15.8 Å². The van der Waals surface area contributed by atoms with Crippen molar-refractivity contribution >= 4 is 23.7 Å². The Morgan fingerprint density at radius 1 is 1.14 bits per heavy atom. The molecule has 0 radical (unpaired) electrons. The lowest BCUT2D eigenvalue weighted by Crippen LogP contribution is -2.60. The highest BCUT2D eigenvalue weighted by Gasteiger charge is 2.51. The third-order valence-corrected chi connectivity index (χ3v) is 6.52. The van der Waals surface area contributed by atoms with E-state index in [4.69, 9.17) is 4.84 Å². The molecular formula is C22H29N3O3. The fourth-order valence-electron chi connectivity index (χ4n) is 5.90. The molecule has 28 heavy (non-hydrogen) atoms. The molecule has 2 N–H and O–H groups in total. The Balaban J connectivity index is 1.22. The lowest BCUT2D eigenvalue weighted by molar-refractivity contribution is -0.131. The topological polar surface area (TPSA) is 79.8 Å². The van der Waals surface area contributed by atoms with E-state index in [1.54, 1.807) is 0 Å². The van der Waals surface area contributed by atoms with Crippen LogP contribution >= 0.6 is 0 Å². The summed E-state index contributed by atoms with van der Waals surface area (Å²) in [6.07, 6.45) is 8.39. The van der Waals surface area contributed by atoms with Crippen molar-refractivity contribution < 1.29 is 14.4 Å². The second kappa shape index (κ2) is 7.57. The van der Waals surface area contributed by atoms with E-state index in [-0.39, 0.29) is 24.0 Å². The van der Waals surface area contributed by atoms with Crippen LogP contribution in [0.2, 0.25) is 0 Å². The molecule has 6 heteroatoms. The first-order chi connectivity index (χ1) is 13.4. The van der Waals surface area contributed by atoms with Gasteiger partial charge in [-0.3, -0.25) is 9.59 Å². The van der Waals surface area contributed by atoms with Crippen molar-refractivity contribution in [2.45, 2.75) is 57.9 Å². The minimum Gasteiger partial charge on any atom is -0.386 e. The molecule has 2 amide bonds. The van der Waals surface area contributed by atoms with Crippen molar-refractivity contribution in [2.24, 2.45) is 22.9 Å². The molecule has 0 saturated heterocycles. The maximum Gasteiger partial charge on any atom is 0.270 e. The van der Waals surface area contributed by atoms with Crippen molar-refractivity contribution in [1.82, 2.24) is 5.32 Å². The third kappa shape index (κ3) is 4.21. The monoisotopic (exact) mass is 383 g/mol. The van der Waals surface area contributed by atoms with E-state index in [1.807, 2.05) is 32.0 Å². The number of rotatable bonds is 6. The molecule has 4 aliphatic carbocycles. The zero-order valence-corrected chi connectivity index (χ0v) is 16.7. The van der Waals surface area contributed by atoms with E-state index in [9.17, 15) is 9.59 Å². The number of oxime groups is 1. The molecule has 1 aromatic carbocycles. The fraction of sp³-hybridized carbons (Fsp3) is 0.591. The predicted molar refractivity (Wildman–Crippen MR) is 108 cm³/mol. The normalized spacial score (nSPS) is 30.4. The Morgan fingerprint density at radius 2 is 1.79 bits per heavy atom. The van der Waals surface area contributed by atoms with Crippen molar-refractivity contribution in [2.75, 3.05) is 11.9 Å². The number of carbonyl (C=O) groups is 2. The molecule has 0 atom stereocenters. The second-order valence-corrected chi connectivity index (χ2v) is 9.06. The van der Waals surface area contributed by atoms with Gasteiger partial charge in [-0.05, 0) is 81.8 Å². The van der Waals surface area contributed by atoms with Gasteiger partial charge in [-0.1, -0.05) is 22.9 Å². The van der Waals surface area contributed by atoms with Crippen molar-refractivity contribution in [3.05, 3.63) is 29.3 Å². The zero-order chi connectivity index (χ0) is 19.7. The molecule has 150 valence electrons. The van der Waals surface area contributed by atoms with Crippen LogP contribution in [0.3, 0.4) is 0 Å². The van der Waals surface area contributed by atoms with Crippen LogP contribution in [0.4, 0.5) is 5.69 Å². The fourth-order valence-corrected chi connectivity index (χ4v) is 5.90. The summed E-state index contributed by atoms with van der Waals surface area (Å²) in [6, 6.07) is 5.79. The Hall–Kier alpha value is -2.37. The minimum absolute atomic E-state index is 0.0285. The van der Waals surface area contributed by atoms with Crippen LogP contribution in [0.1, 0.15) is 49.7 Å². The molecule has 0 spiro atoms. The first-order valence-electron chi connectivity index (χ1n) is 10.3. The number of aryl methyl sites for hydroxylation is 2. The van der Waals surface area contributed by atoms with Crippen LogP contribution in [-0.4, -0.2) is 30.2 Å². The van der Waals surface area contributed by atoms with Gasteiger partial charge in [-0.25, -0.2) is 0 Å². The highest BCUT2D eigenvalue weighted by Crippen LogP contribution is 2.55. The average Bonchev–Trinajstić information content (AvgIpc) is 2.59. The summed E-state index contributed by atoms with van der Waals surface area (Å²) in [5.41, 5.74) is 2.83. The predicted octanol–water partition coefficient (Wildman–Crippen LogP) is 3.33. The number of nitrogens with zero attached hydrogens (tertiary/aromatic N) is 1. The highest BCUT2D eigenvalue weighted by atomic mass is 16.6. The number of nitrogens with one attached hydrogen (secondary N) is 2. The number of anilines is 1. The van der Waals surface area contributed by atoms with E-state index in [1.165, 1.54) is 19.3 Å². The summed E-state index contributed by atoms with van der Waals surface area (Å²) in [6.45, 7) is 3.78.